The summed E-state index contributed by atoms with van der Waals surface area (Å²) >= 11 is 1.32. The molecular weight excluding hydrogens is 397 g/mol. The average molecular weight is 418 g/mol. The summed E-state index contributed by atoms with van der Waals surface area (Å²) in [4.78, 5) is 24.0. The Labute approximate surface area is 178 Å². The van der Waals surface area contributed by atoms with Crippen molar-refractivity contribution in [2.45, 2.75) is 32.2 Å². The third kappa shape index (κ3) is 3.59. The van der Waals surface area contributed by atoms with E-state index in [2.05, 4.69) is 16.0 Å². The quantitative estimate of drug-likeness (QED) is 0.437. The molecule has 0 saturated heterocycles. The number of pyridine rings is 1. The highest BCUT2D eigenvalue weighted by Gasteiger charge is 2.24. The summed E-state index contributed by atoms with van der Waals surface area (Å²) in [6.45, 7) is 0.276. The van der Waals surface area contributed by atoms with Crippen LogP contribution < -0.4 is 4.90 Å². The third-order valence-corrected chi connectivity index (χ3v) is 6.52. The van der Waals surface area contributed by atoms with Gasteiger partial charge in [-0.2, -0.15) is 0 Å². The first-order chi connectivity index (χ1) is 14.7. The molecule has 0 spiro atoms. The fourth-order valence-electron chi connectivity index (χ4n) is 3.92. The van der Waals surface area contributed by atoms with Gasteiger partial charge in [0.1, 0.15) is 11.3 Å². The van der Waals surface area contributed by atoms with Gasteiger partial charge in [0.05, 0.1) is 16.9 Å². The maximum absolute atomic E-state index is 14.2. The number of halogens is 1. The Morgan fingerprint density at radius 3 is 2.70 bits per heavy atom. The highest BCUT2D eigenvalue weighted by Crippen LogP contribution is 2.32. The number of benzene rings is 2. The van der Waals surface area contributed by atoms with E-state index in [1.165, 1.54) is 35.0 Å². The van der Waals surface area contributed by atoms with Gasteiger partial charge in [0, 0.05) is 11.8 Å². The highest BCUT2D eigenvalue weighted by molar-refractivity contribution is 7.22. The number of anilines is 1. The normalized spacial score (nSPS) is 13.2. The van der Waals surface area contributed by atoms with E-state index in [9.17, 15) is 9.18 Å². The molecule has 2 aromatic heterocycles. The van der Waals surface area contributed by atoms with Crippen molar-refractivity contribution in [2.24, 2.45) is 0 Å². The predicted octanol–water partition coefficient (Wildman–Crippen LogP) is 5.56. The first-order valence-electron chi connectivity index (χ1n) is 10.1. The van der Waals surface area contributed by atoms with Gasteiger partial charge in [-0.1, -0.05) is 29.5 Å². The van der Waals surface area contributed by atoms with Crippen LogP contribution in [-0.4, -0.2) is 15.9 Å². The van der Waals surface area contributed by atoms with Crippen LogP contribution in [0.5, 0.6) is 0 Å². The molecule has 0 N–H and O–H groups in total. The lowest BCUT2D eigenvalue weighted by molar-refractivity contribution is 0.0984. The van der Waals surface area contributed by atoms with Gasteiger partial charge in [-0.15, -0.1) is 0 Å². The average Bonchev–Trinajstić information content (AvgIpc) is 3.23. The molecule has 4 nitrogen and oxygen atoms in total. The van der Waals surface area contributed by atoms with E-state index >= 15 is 0 Å². The van der Waals surface area contributed by atoms with Crippen LogP contribution in [0, 0.1) is 5.82 Å². The minimum atomic E-state index is -0.381. The van der Waals surface area contributed by atoms with E-state index in [1.54, 1.807) is 17.2 Å². The van der Waals surface area contributed by atoms with Crippen molar-refractivity contribution in [3.05, 3.63) is 89.0 Å². The number of nitrogens with zero attached hydrogens (tertiary/aromatic N) is 3. The zero-order chi connectivity index (χ0) is 20.5. The van der Waals surface area contributed by atoms with E-state index in [0.717, 1.165) is 25.0 Å². The zero-order valence-corrected chi connectivity index (χ0v) is 17.2. The van der Waals surface area contributed by atoms with Gasteiger partial charge in [-0.3, -0.25) is 14.7 Å². The molecule has 0 saturated carbocycles. The molecule has 0 fully saturated rings. The van der Waals surface area contributed by atoms with Gasteiger partial charge in [0.15, 0.2) is 5.13 Å². The summed E-state index contributed by atoms with van der Waals surface area (Å²) in [6, 6.07) is 16.5. The number of hydrogen-bond donors (Lipinski definition) is 0. The molecule has 0 atom stereocenters. The number of fused-ring (bicyclic) bond motifs is 2. The van der Waals surface area contributed by atoms with Gasteiger partial charge in [-0.05, 0) is 73.2 Å². The Hall–Kier alpha value is -3.12. The summed E-state index contributed by atoms with van der Waals surface area (Å²) in [7, 11) is 0. The number of thiazole rings is 1. The van der Waals surface area contributed by atoms with Crippen molar-refractivity contribution >= 4 is 32.6 Å². The lowest BCUT2D eigenvalue weighted by Gasteiger charge is -2.21. The van der Waals surface area contributed by atoms with Gasteiger partial charge in [0.25, 0.3) is 5.91 Å². The topological polar surface area (TPSA) is 46.1 Å². The Kier molecular flexibility index (Phi) is 5.01. The summed E-state index contributed by atoms with van der Waals surface area (Å²) in [6.07, 6.45) is 6.12. The number of hydrogen-bond acceptors (Lipinski definition) is 4. The highest BCUT2D eigenvalue weighted by atomic mass is 32.1. The Morgan fingerprint density at radius 2 is 1.90 bits per heavy atom. The number of rotatable bonds is 4. The number of aromatic nitrogens is 2. The van der Waals surface area contributed by atoms with Crippen molar-refractivity contribution in [1.29, 1.82) is 0 Å². The summed E-state index contributed by atoms with van der Waals surface area (Å²) < 4.78 is 14.9. The van der Waals surface area contributed by atoms with Crippen molar-refractivity contribution in [1.82, 2.24) is 9.97 Å². The third-order valence-electron chi connectivity index (χ3n) is 5.48. The van der Waals surface area contributed by atoms with Crippen LogP contribution in [0.3, 0.4) is 0 Å². The Bertz CT molecular complexity index is 1220. The van der Waals surface area contributed by atoms with Gasteiger partial charge < -0.3 is 0 Å². The van der Waals surface area contributed by atoms with E-state index in [0.29, 0.717) is 20.9 Å². The molecule has 5 rings (SSSR count). The van der Waals surface area contributed by atoms with Crippen LogP contribution in [0.4, 0.5) is 9.52 Å². The molecule has 150 valence electrons. The minimum absolute atomic E-state index is 0.145. The second-order valence-corrected chi connectivity index (χ2v) is 8.50. The number of amides is 1. The predicted molar refractivity (Wildman–Crippen MR) is 117 cm³/mol. The van der Waals surface area contributed by atoms with E-state index in [-0.39, 0.29) is 18.3 Å². The summed E-state index contributed by atoms with van der Waals surface area (Å²) in [5.74, 6) is -0.525. The van der Waals surface area contributed by atoms with E-state index in [1.807, 2.05) is 36.4 Å². The molecule has 0 aliphatic heterocycles. The van der Waals surface area contributed by atoms with Crippen molar-refractivity contribution in [3.8, 4) is 0 Å². The maximum Gasteiger partial charge on any atom is 0.260 e. The van der Waals surface area contributed by atoms with Crippen molar-refractivity contribution in [2.75, 3.05) is 4.90 Å². The van der Waals surface area contributed by atoms with Crippen LogP contribution in [0.1, 0.15) is 40.0 Å². The molecule has 0 unspecified atom stereocenters. The fraction of sp³-hybridized carbons (Fsp3) is 0.208. The van der Waals surface area contributed by atoms with Gasteiger partial charge in [0.2, 0.25) is 0 Å². The van der Waals surface area contributed by atoms with E-state index in [4.69, 9.17) is 0 Å². The van der Waals surface area contributed by atoms with Crippen LogP contribution in [-0.2, 0) is 19.4 Å². The summed E-state index contributed by atoms with van der Waals surface area (Å²) in [5, 5.41) is 0.475. The zero-order valence-electron chi connectivity index (χ0n) is 16.3. The SMILES string of the molecule is O=C(c1ccc2c(c1)CCCC2)N(Cc1ccccn1)c1nc2c(F)cccc2s1. The molecule has 6 heteroatoms. The first-order valence-corrected chi connectivity index (χ1v) is 10.9. The lowest BCUT2D eigenvalue weighted by atomic mass is 9.90. The number of para-hydroxylation sites is 1. The second kappa shape index (κ2) is 7.95. The number of carbonyl (C=O) groups is 1. The molecule has 0 radical (unpaired) electrons. The maximum atomic E-state index is 14.2. The smallest absolute Gasteiger partial charge is 0.260 e. The molecule has 1 aliphatic rings. The van der Waals surface area contributed by atoms with Crippen LogP contribution >= 0.6 is 11.3 Å². The molecule has 1 aliphatic carbocycles. The monoisotopic (exact) mass is 417 g/mol. The first kappa shape index (κ1) is 18.9. The fourth-order valence-corrected chi connectivity index (χ4v) is 4.90. The standard InChI is InChI=1S/C24H20FN3OS/c25-20-9-5-10-21-22(20)27-24(30-21)28(15-19-8-3-4-13-26-19)23(29)18-12-11-16-6-1-2-7-17(16)14-18/h3-5,8-14H,1-2,6-7,15H2. The minimum Gasteiger partial charge on any atom is -0.278 e. The van der Waals surface area contributed by atoms with E-state index < -0.39 is 0 Å². The molecule has 0 bridgehead atoms. The molecule has 2 heterocycles. The van der Waals surface area contributed by atoms with Crippen molar-refractivity contribution < 1.29 is 9.18 Å². The van der Waals surface area contributed by atoms with Crippen LogP contribution in [0.2, 0.25) is 0 Å². The Morgan fingerprint density at radius 1 is 1.03 bits per heavy atom. The molecule has 1 amide bonds. The van der Waals surface area contributed by atoms with Gasteiger partial charge >= 0.3 is 0 Å². The van der Waals surface area contributed by atoms with Gasteiger partial charge in [-0.25, -0.2) is 9.37 Å². The number of carbonyl (C=O) groups excluding carboxylic acids is 1. The van der Waals surface area contributed by atoms with Crippen LogP contribution in [0.25, 0.3) is 10.2 Å². The van der Waals surface area contributed by atoms with Crippen LogP contribution in [0.15, 0.2) is 60.8 Å². The van der Waals surface area contributed by atoms with Crippen molar-refractivity contribution in [3.63, 3.8) is 0 Å². The molecule has 30 heavy (non-hydrogen) atoms. The molecular formula is C24H20FN3OS. The largest absolute Gasteiger partial charge is 0.278 e. The molecule has 2 aromatic carbocycles. The summed E-state index contributed by atoms with van der Waals surface area (Å²) in [5.41, 5.74) is 4.26. The Balaban J connectivity index is 1.56. The second-order valence-electron chi connectivity index (χ2n) is 7.49. The lowest BCUT2D eigenvalue weighted by Crippen LogP contribution is -2.31. The number of aryl methyl sites for hydroxylation is 2. The molecule has 4 aromatic rings.